The fourth-order valence-corrected chi connectivity index (χ4v) is 2.01. The van der Waals surface area contributed by atoms with Crippen molar-refractivity contribution in [3.05, 3.63) is 41.5 Å². The van der Waals surface area contributed by atoms with Crippen molar-refractivity contribution in [2.45, 2.75) is 19.3 Å². The number of ether oxygens (including phenoxy) is 1. The van der Waals surface area contributed by atoms with Gasteiger partial charge in [0.2, 0.25) is 0 Å². The minimum absolute atomic E-state index is 0.188. The second kappa shape index (κ2) is 5.49. The molecule has 1 aliphatic rings. The maximum atomic E-state index is 11.6. The van der Waals surface area contributed by atoms with Gasteiger partial charge in [-0.1, -0.05) is 0 Å². The average molecular weight is 246 g/mol. The Bertz CT molecular complexity index is 503. The highest BCUT2D eigenvalue weighted by atomic mass is 16.5. The molecule has 0 fully saturated rings. The Labute approximate surface area is 105 Å². The summed E-state index contributed by atoms with van der Waals surface area (Å²) in [6, 6.07) is 5.39. The Morgan fingerprint density at radius 1 is 1.39 bits per heavy atom. The summed E-state index contributed by atoms with van der Waals surface area (Å²) in [6.45, 7) is 0.207. The molecule has 0 unspecified atom stereocenters. The highest BCUT2D eigenvalue weighted by Gasteiger charge is 2.17. The van der Waals surface area contributed by atoms with E-state index in [-0.39, 0.29) is 12.4 Å². The summed E-state index contributed by atoms with van der Waals surface area (Å²) in [6.07, 6.45) is 4.88. The number of hydrogen-bond acceptors (Lipinski definition) is 3. The van der Waals surface area contributed by atoms with E-state index in [4.69, 9.17) is 9.84 Å². The Hall–Kier alpha value is -2.10. The number of aliphatic carboxylic acids is 1. The lowest BCUT2D eigenvalue weighted by molar-refractivity contribution is -0.131. The molecule has 1 aromatic rings. The van der Waals surface area contributed by atoms with Crippen LogP contribution in [0.5, 0.6) is 5.75 Å². The summed E-state index contributed by atoms with van der Waals surface area (Å²) in [5.74, 6) is -0.137. The number of carbonyl (C=O) groups excluding carboxylic acids is 1. The predicted molar refractivity (Wildman–Crippen MR) is 66.0 cm³/mol. The first-order chi connectivity index (χ1) is 8.66. The molecule has 18 heavy (non-hydrogen) atoms. The van der Waals surface area contributed by atoms with Crippen LogP contribution in [0.4, 0.5) is 0 Å². The van der Waals surface area contributed by atoms with Gasteiger partial charge in [0.15, 0.2) is 5.78 Å². The fourth-order valence-electron chi connectivity index (χ4n) is 2.01. The van der Waals surface area contributed by atoms with Gasteiger partial charge in [-0.25, -0.2) is 4.79 Å². The van der Waals surface area contributed by atoms with Crippen molar-refractivity contribution in [1.82, 2.24) is 0 Å². The van der Waals surface area contributed by atoms with Crippen LogP contribution in [0.25, 0.3) is 0 Å². The SMILES string of the molecule is O=C(O)C=CCOc1ccc2c(c1)CCCC2=O. The molecule has 0 radical (unpaired) electrons. The molecule has 0 amide bonds. The molecule has 1 aromatic carbocycles. The molecule has 0 spiro atoms. The van der Waals surface area contributed by atoms with Gasteiger partial charge in [-0.05, 0) is 42.7 Å². The topological polar surface area (TPSA) is 63.6 Å². The number of aryl methyl sites for hydroxylation is 1. The Morgan fingerprint density at radius 2 is 2.22 bits per heavy atom. The van der Waals surface area contributed by atoms with Crippen LogP contribution in [0.3, 0.4) is 0 Å². The Kier molecular flexibility index (Phi) is 3.77. The van der Waals surface area contributed by atoms with E-state index in [0.717, 1.165) is 30.0 Å². The molecule has 0 saturated carbocycles. The van der Waals surface area contributed by atoms with Crippen molar-refractivity contribution in [3.63, 3.8) is 0 Å². The number of carbonyl (C=O) groups is 2. The molecular formula is C14H14O4. The van der Waals surface area contributed by atoms with E-state index in [1.54, 1.807) is 12.1 Å². The van der Waals surface area contributed by atoms with E-state index in [2.05, 4.69) is 0 Å². The van der Waals surface area contributed by atoms with Gasteiger partial charge in [0.05, 0.1) is 0 Å². The van der Waals surface area contributed by atoms with Crippen LogP contribution in [-0.2, 0) is 11.2 Å². The highest BCUT2D eigenvalue weighted by molar-refractivity contribution is 5.98. The van der Waals surface area contributed by atoms with E-state index in [1.807, 2.05) is 6.07 Å². The van der Waals surface area contributed by atoms with Gasteiger partial charge in [0, 0.05) is 18.1 Å². The quantitative estimate of drug-likeness (QED) is 0.827. The average Bonchev–Trinajstić information content (AvgIpc) is 2.35. The van der Waals surface area contributed by atoms with E-state index >= 15 is 0 Å². The smallest absolute Gasteiger partial charge is 0.328 e. The zero-order chi connectivity index (χ0) is 13.0. The molecule has 0 atom stereocenters. The van der Waals surface area contributed by atoms with E-state index in [0.29, 0.717) is 12.2 Å². The van der Waals surface area contributed by atoms with Crippen LogP contribution in [0.15, 0.2) is 30.4 Å². The molecule has 4 nitrogen and oxygen atoms in total. The van der Waals surface area contributed by atoms with Crippen LogP contribution >= 0.6 is 0 Å². The molecular weight excluding hydrogens is 232 g/mol. The van der Waals surface area contributed by atoms with Crippen molar-refractivity contribution in [3.8, 4) is 5.75 Å². The van der Waals surface area contributed by atoms with Crippen molar-refractivity contribution in [1.29, 1.82) is 0 Å². The Balaban J connectivity index is 2.03. The monoisotopic (exact) mass is 246 g/mol. The van der Waals surface area contributed by atoms with Crippen LogP contribution < -0.4 is 4.74 Å². The van der Waals surface area contributed by atoms with E-state index in [1.165, 1.54) is 6.08 Å². The molecule has 4 heteroatoms. The molecule has 2 rings (SSSR count). The summed E-state index contributed by atoms with van der Waals surface area (Å²) < 4.78 is 5.40. The van der Waals surface area contributed by atoms with Crippen molar-refractivity contribution >= 4 is 11.8 Å². The molecule has 1 N–H and O–H groups in total. The third-order valence-electron chi connectivity index (χ3n) is 2.83. The molecule has 0 saturated heterocycles. The first-order valence-electron chi connectivity index (χ1n) is 5.85. The normalized spacial score (nSPS) is 14.6. The predicted octanol–water partition coefficient (Wildman–Crippen LogP) is 2.23. The number of rotatable bonds is 4. The maximum absolute atomic E-state index is 11.6. The first kappa shape index (κ1) is 12.4. The van der Waals surface area contributed by atoms with Crippen LogP contribution in [0.1, 0.15) is 28.8 Å². The van der Waals surface area contributed by atoms with Gasteiger partial charge < -0.3 is 9.84 Å². The summed E-state index contributed by atoms with van der Waals surface area (Å²) in [4.78, 5) is 21.9. The number of carboxylic acid groups (broad SMARTS) is 1. The van der Waals surface area contributed by atoms with Crippen LogP contribution in [0, 0.1) is 0 Å². The standard InChI is InChI=1S/C14H14O4/c15-13-4-1-3-10-9-11(6-7-12(10)13)18-8-2-5-14(16)17/h2,5-7,9H,1,3-4,8H2,(H,16,17). The van der Waals surface area contributed by atoms with Gasteiger partial charge in [-0.3, -0.25) is 4.79 Å². The van der Waals surface area contributed by atoms with Gasteiger partial charge in [0.25, 0.3) is 0 Å². The van der Waals surface area contributed by atoms with Gasteiger partial charge in [-0.15, -0.1) is 0 Å². The van der Waals surface area contributed by atoms with Gasteiger partial charge in [0.1, 0.15) is 12.4 Å². The highest BCUT2D eigenvalue weighted by Crippen LogP contribution is 2.25. The molecule has 94 valence electrons. The zero-order valence-corrected chi connectivity index (χ0v) is 9.89. The minimum atomic E-state index is -0.991. The summed E-state index contributed by atoms with van der Waals surface area (Å²) >= 11 is 0. The lowest BCUT2D eigenvalue weighted by atomic mass is 9.91. The number of hydrogen-bond donors (Lipinski definition) is 1. The van der Waals surface area contributed by atoms with Gasteiger partial charge >= 0.3 is 5.97 Å². The second-order valence-electron chi connectivity index (χ2n) is 4.15. The van der Waals surface area contributed by atoms with Crippen molar-refractivity contribution in [2.24, 2.45) is 0 Å². The third-order valence-corrected chi connectivity index (χ3v) is 2.83. The summed E-state index contributed by atoms with van der Waals surface area (Å²) in [7, 11) is 0. The third kappa shape index (κ3) is 2.97. The first-order valence-corrected chi connectivity index (χ1v) is 5.85. The lowest BCUT2D eigenvalue weighted by Gasteiger charge is -2.15. The van der Waals surface area contributed by atoms with Gasteiger partial charge in [-0.2, -0.15) is 0 Å². The lowest BCUT2D eigenvalue weighted by Crippen LogP contribution is -2.10. The zero-order valence-electron chi connectivity index (χ0n) is 9.89. The number of Topliss-reactive ketones (excluding diaryl/α,β-unsaturated/α-hetero) is 1. The summed E-state index contributed by atoms with van der Waals surface area (Å²) in [5.41, 5.74) is 1.81. The summed E-state index contributed by atoms with van der Waals surface area (Å²) in [5, 5.41) is 8.42. The molecule has 0 aromatic heterocycles. The molecule has 1 aliphatic carbocycles. The van der Waals surface area contributed by atoms with E-state index < -0.39 is 5.97 Å². The largest absolute Gasteiger partial charge is 0.490 e. The van der Waals surface area contributed by atoms with Crippen molar-refractivity contribution < 1.29 is 19.4 Å². The minimum Gasteiger partial charge on any atom is -0.490 e. The number of benzene rings is 1. The van der Waals surface area contributed by atoms with Crippen LogP contribution in [0.2, 0.25) is 0 Å². The fraction of sp³-hybridized carbons (Fsp3) is 0.286. The molecule has 0 aliphatic heterocycles. The second-order valence-corrected chi connectivity index (χ2v) is 4.15. The van der Waals surface area contributed by atoms with Crippen molar-refractivity contribution in [2.75, 3.05) is 6.61 Å². The number of ketones is 1. The Morgan fingerprint density at radius 3 is 3.00 bits per heavy atom. The number of fused-ring (bicyclic) bond motifs is 1. The molecule has 0 bridgehead atoms. The maximum Gasteiger partial charge on any atom is 0.328 e. The van der Waals surface area contributed by atoms with Crippen LogP contribution in [-0.4, -0.2) is 23.5 Å². The molecule has 0 heterocycles. The van der Waals surface area contributed by atoms with E-state index in [9.17, 15) is 9.59 Å². The number of carboxylic acids is 1.